The fourth-order valence-electron chi connectivity index (χ4n) is 4.07. The van der Waals surface area contributed by atoms with E-state index in [1.165, 1.54) is 6.33 Å². The molecule has 0 radical (unpaired) electrons. The molecule has 3 aromatic heterocycles. The minimum Gasteiger partial charge on any atom is -0.493 e. The van der Waals surface area contributed by atoms with Gasteiger partial charge in [0, 0.05) is 17.9 Å². The molecule has 0 saturated heterocycles. The molecular weight excluding hydrogens is 410 g/mol. The van der Waals surface area contributed by atoms with E-state index in [4.69, 9.17) is 14.6 Å². The van der Waals surface area contributed by atoms with Crippen molar-refractivity contribution < 1.29 is 14.3 Å². The quantitative estimate of drug-likeness (QED) is 0.450. The number of aromatic nitrogens is 6. The van der Waals surface area contributed by atoms with Crippen molar-refractivity contribution in [2.24, 2.45) is 0 Å². The van der Waals surface area contributed by atoms with Gasteiger partial charge in [0.2, 0.25) is 5.91 Å². The van der Waals surface area contributed by atoms with E-state index in [-0.39, 0.29) is 18.2 Å². The fraction of sp³-hybridized carbons (Fsp3) is 0.227. The van der Waals surface area contributed by atoms with Crippen molar-refractivity contribution >= 4 is 22.9 Å². The van der Waals surface area contributed by atoms with Crippen LogP contribution in [0.15, 0.2) is 43.5 Å². The molecule has 4 heterocycles. The second-order valence-electron chi connectivity index (χ2n) is 7.37. The molecule has 1 aromatic carbocycles. The number of aryl methyl sites for hydroxylation is 1. The lowest BCUT2D eigenvalue weighted by atomic mass is 9.85. The van der Waals surface area contributed by atoms with Gasteiger partial charge in [0.25, 0.3) is 0 Å². The Kier molecular flexibility index (Phi) is 4.81. The Morgan fingerprint density at radius 2 is 2.16 bits per heavy atom. The van der Waals surface area contributed by atoms with Gasteiger partial charge in [-0.05, 0) is 24.6 Å². The van der Waals surface area contributed by atoms with Crippen LogP contribution in [-0.4, -0.2) is 49.3 Å². The van der Waals surface area contributed by atoms with Crippen molar-refractivity contribution in [2.45, 2.75) is 19.3 Å². The number of benzene rings is 1. The molecule has 10 heteroatoms. The number of rotatable bonds is 6. The first-order valence-electron chi connectivity index (χ1n) is 10.1. The van der Waals surface area contributed by atoms with E-state index in [9.17, 15) is 4.79 Å². The number of aromatic amines is 1. The highest BCUT2D eigenvalue weighted by molar-refractivity contribution is 5.95. The van der Waals surface area contributed by atoms with Gasteiger partial charge in [0.1, 0.15) is 24.3 Å². The first-order valence-corrected chi connectivity index (χ1v) is 10.1. The monoisotopic (exact) mass is 431 g/mol. The SMILES string of the molecule is C=CCOc1cc([C@@H]2CC(=O)Nc3c2c(C)nn3-c2ncnc3nc[nH]c23)ccc1OC. The van der Waals surface area contributed by atoms with Crippen LogP contribution in [-0.2, 0) is 4.79 Å². The molecule has 1 aliphatic rings. The van der Waals surface area contributed by atoms with Crippen molar-refractivity contribution in [3.8, 4) is 17.3 Å². The largest absolute Gasteiger partial charge is 0.493 e. The summed E-state index contributed by atoms with van der Waals surface area (Å²) in [5.41, 5.74) is 3.81. The molecule has 32 heavy (non-hydrogen) atoms. The lowest BCUT2D eigenvalue weighted by Crippen LogP contribution is -2.25. The van der Waals surface area contributed by atoms with E-state index in [0.717, 1.165) is 16.8 Å². The number of fused-ring (bicyclic) bond motifs is 2. The highest BCUT2D eigenvalue weighted by Gasteiger charge is 2.34. The summed E-state index contributed by atoms with van der Waals surface area (Å²) in [5, 5.41) is 7.68. The van der Waals surface area contributed by atoms with Crippen molar-refractivity contribution in [2.75, 3.05) is 19.0 Å². The van der Waals surface area contributed by atoms with Crippen LogP contribution in [0.4, 0.5) is 5.82 Å². The van der Waals surface area contributed by atoms with Gasteiger partial charge in [-0.1, -0.05) is 18.7 Å². The molecule has 0 unspecified atom stereocenters. The van der Waals surface area contributed by atoms with E-state index in [1.54, 1.807) is 24.2 Å². The third kappa shape index (κ3) is 3.16. The van der Waals surface area contributed by atoms with Gasteiger partial charge >= 0.3 is 0 Å². The second kappa shape index (κ2) is 7.80. The Morgan fingerprint density at radius 3 is 2.97 bits per heavy atom. The Labute approximate surface area is 183 Å². The summed E-state index contributed by atoms with van der Waals surface area (Å²) in [7, 11) is 1.59. The second-order valence-corrected chi connectivity index (χ2v) is 7.37. The highest BCUT2D eigenvalue weighted by atomic mass is 16.5. The third-order valence-corrected chi connectivity index (χ3v) is 5.45. The molecule has 5 rings (SSSR count). The van der Waals surface area contributed by atoms with Gasteiger partial charge in [0.15, 0.2) is 23.0 Å². The van der Waals surface area contributed by atoms with Crippen LogP contribution in [0.1, 0.15) is 29.2 Å². The highest BCUT2D eigenvalue weighted by Crippen LogP contribution is 2.42. The topological polar surface area (TPSA) is 120 Å². The summed E-state index contributed by atoms with van der Waals surface area (Å²) in [6.45, 7) is 5.97. The number of H-pyrrole nitrogens is 1. The van der Waals surface area contributed by atoms with Crippen LogP contribution >= 0.6 is 0 Å². The number of hydrogen-bond acceptors (Lipinski definition) is 7. The summed E-state index contributed by atoms with van der Waals surface area (Å²) < 4.78 is 12.8. The van der Waals surface area contributed by atoms with E-state index in [2.05, 4.69) is 31.8 Å². The van der Waals surface area contributed by atoms with Gasteiger partial charge in [-0.2, -0.15) is 9.78 Å². The average Bonchev–Trinajstić information content (AvgIpc) is 3.41. The minimum absolute atomic E-state index is 0.108. The fourth-order valence-corrected chi connectivity index (χ4v) is 4.07. The predicted molar refractivity (Wildman–Crippen MR) is 117 cm³/mol. The maximum absolute atomic E-state index is 12.7. The van der Waals surface area contributed by atoms with E-state index in [0.29, 0.717) is 40.9 Å². The molecule has 0 fully saturated rings. The number of ether oxygens (including phenoxy) is 2. The maximum atomic E-state index is 12.7. The van der Waals surface area contributed by atoms with Gasteiger partial charge < -0.3 is 19.8 Å². The number of anilines is 1. The Hall–Kier alpha value is -4.21. The average molecular weight is 431 g/mol. The van der Waals surface area contributed by atoms with Crippen molar-refractivity contribution in [1.29, 1.82) is 0 Å². The molecule has 1 amide bonds. The molecule has 2 N–H and O–H groups in total. The summed E-state index contributed by atoms with van der Waals surface area (Å²) >= 11 is 0. The standard InChI is InChI=1S/C22H21N7O3/c1-4-7-32-16-8-13(5-6-15(16)31-3)14-9-17(30)27-21-18(14)12(2)28-29(21)22-19-20(24-10-23-19)25-11-26-22/h4-6,8,10-11,14H,1,7,9H2,2-3H3,(H,27,30)(H,23,24,25,26)/t14-/m0/s1. The predicted octanol–water partition coefficient (Wildman–Crippen LogP) is 2.89. The molecular formula is C22H21N7O3. The Bertz CT molecular complexity index is 1340. The zero-order valence-corrected chi connectivity index (χ0v) is 17.6. The Morgan fingerprint density at radius 1 is 1.28 bits per heavy atom. The number of nitrogens with zero attached hydrogens (tertiary/aromatic N) is 5. The zero-order chi connectivity index (χ0) is 22.2. The van der Waals surface area contributed by atoms with Gasteiger partial charge in [-0.3, -0.25) is 4.79 Å². The number of amides is 1. The summed E-state index contributed by atoms with van der Waals surface area (Å²) in [4.78, 5) is 28.5. The van der Waals surface area contributed by atoms with Gasteiger partial charge in [-0.25, -0.2) is 15.0 Å². The number of imidazole rings is 1. The van der Waals surface area contributed by atoms with E-state index in [1.807, 2.05) is 25.1 Å². The third-order valence-electron chi connectivity index (χ3n) is 5.45. The maximum Gasteiger partial charge on any atom is 0.226 e. The van der Waals surface area contributed by atoms with Crippen molar-refractivity contribution in [3.63, 3.8) is 0 Å². The molecule has 0 bridgehead atoms. The molecule has 10 nitrogen and oxygen atoms in total. The molecule has 162 valence electrons. The van der Waals surface area contributed by atoms with Crippen LogP contribution < -0.4 is 14.8 Å². The van der Waals surface area contributed by atoms with Crippen molar-refractivity contribution in [1.82, 2.24) is 29.7 Å². The number of carbonyl (C=O) groups excluding carboxylic acids is 1. The van der Waals surface area contributed by atoms with Crippen LogP contribution in [0.3, 0.4) is 0 Å². The summed E-state index contributed by atoms with van der Waals surface area (Å²) in [5.74, 6) is 2.00. The molecule has 4 aromatic rings. The molecule has 0 spiro atoms. The normalized spacial score (nSPS) is 15.3. The lowest BCUT2D eigenvalue weighted by molar-refractivity contribution is -0.116. The molecule has 1 aliphatic heterocycles. The van der Waals surface area contributed by atoms with Crippen LogP contribution in [0.25, 0.3) is 17.0 Å². The summed E-state index contributed by atoms with van der Waals surface area (Å²) in [6.07, 6.45) is 4.94. The van der Waals surface area contributed by atoms with Crippen LogP contribution in [0.5, 0.6) is 11.5 Å². The lowest BCUT2D eigenvalue weighted by Gasteiger charge is -2.25. The van der Waals surface area contributed by atoms with Gasteiger partial charge in [-0.15, -0.1) is 0 Å². The molecule has 0 aliphatic carbocycles. The molecule has 1 atom stereocenters. The first kappa shape index (κ1) is 19.7. The number of carbonyl (C=O) groups is 1. The smallest absolute Gasteiger partial charge is 0.226 e. The van der Waals surface area contributed by atoms with Crippen molar-refractivity contribution in [3.05, 3.63) is 60.3 Å². The van der Waals surface area contributed by atoms with Gasteiger partial charge in [0.05, 0.1) is 19.1 Å². The van der Waals surface area contributed by atoms with Crippen LogP contribution in [0, 0.1) is 6.92 Å². The zero-order valence-electron chi connectivity index (χ0n) is 17.6. The Balaban J connectivity index is 1.64. The summed E-state index contributed by atoms with van der Waals surface area (Å²) in [6, 6.07) is 5.70. The van der Waals surface area contributed by atoms with E-state index < -0.39 is 0 Å². The van der Waals surface area contributed by atoms with E-state index >= 15 is 0 Å². The first-order chi connectivity index (χ1) is 15.6. The van der Waals surface area contributed by atoms with Crippen LogP contribution in [0.2, 0.25) is 0 Å². The minimum atomic E-state index is -0.205. The molecule has 0 saturated carbocycles. The number of hydrogen-bond donors (Lipinski definition) is 2. The number of methoxy groups -OCH3 is 1. The number of nitrogens with one attached hydrogen (secondary N) is 2.